The molecular formula is C14H12ClNO3. The van der Waals surface area contributed by atoms with Crippen LogP contribution in [0.15, 0.2) is 29.1 Å². The molecule has 0 atom stereocenters. The van der Waals surface area contributed by atoms with Crippen LogP contribution in [0.3, 0.4) is 0 Å². The molecule has 0 aliphatic heterocycles. The van der Waals surface area contributed by atoms with E-state index in [2.05, 4.69) is 0 Å². The van der Waals surface area contributed by atoms with Crippen LogP contribution in [-0.4, -0.2) is 15.6 Å². The first-order valence-corrected chi connectivity index (χ1v) is 6.50. The highest BCUT2D eigenvalue weighted by atomic mass is 35.5. The molecule has 1 saturated carbocycles. The largest absolute Gasteiger partial charge is 0.481 e. The topological polar surface area (TPSA) is 59.3 Å². The molecule has 0 amide bonds. The second-order valence-corrected chi connectivity index (χ2v) is 5.21. The van der Waals surface area contributed by atoms with Crippen molar-refractivity contribution in [3.05, 3.63) is 45.2 Å². The van der Waals surface area contributed by atoms with Gasteiger partial charge in [0, 0.05) is 23.2 Å². The average molecular weight is 278 g/mol. The van der Waals surface area contributed by atoms with Gasteiger partial charge in [0.05, 0.1) is 17.0 Å². The summed E-state index contributed by atoms with van der Waals surface area (Å²) < 4.78 is 1.92. The van der Waals surface area contributed by atoms with Crippen LogP contribution in [0.4, 0.5) is 0 Å². The number of aromatic nitrogens is 1. The summed E-state index contributed by atoms with van der Waals surface area (Å²) in [6, 6.07) is 6.88. The summed E-state index contributed by atoms with van der Waals surface area (Å²) in [7, 11) is 0. The average Bonchev–Trinajstić information content (AvgIpc) is 3.14. The first-order valence-electron chi connectivity index (χ1n) is 6.12. The molecule has 0 saturated heterocycles. The van der Waals surface area contributed by atoms with Crippen LogP contribution in [0, 0.1) is 0 Å². The number of hydrogen-bond donors (Lipinski definition) is 1. The summed E-state index contributed by atoms with van der Waals surface area (Å²) in [5, 5.41) is 10.0. The van der Waals surface area contributed by atoms with Gasteiger partial charge >= 0.3 is 5.97 Å². The van der Waals surface area contributed by atoms with Crippen molar-refractivity contribution in [2.24, 2.45) is 0 Å². The number of fused-ring (bicyclic) bond motifs is 1. The Bertz CT molecular complexity index is 731. The van der Waals surface area contributed by atoms with Gasteiger partial charge in [-0.15, -0.1) is 0 Å². The Morgan fingerprint density at radius 3 is 2.79 bits per heavy atom. The van der Waals surface area contributed by atoms with Crippen molar-refractivity contribution >= 4 is 28.5 Å². The molecule has 19 heavy (non-hydrogen) atoms. The lowest BCUT2D eigenvalue weighted by Gasteiger charge is -2.16. The fourth-order valence-corrected chi connectivity index (χ4v) is 2.71. The van der Waals surface area contributed by atoms with E-state index in [0.717, 1.165) is 12.8 Å². The molecule has 98 valence electrons. The number of nitrogens with zero attached hydrogens (tertiary/aromatic N) is 1. The minimum atomic E-state index is -0.944. The maximum atomic E-state index is 12.1. The lowest BCUT2D eigenvalue weighted by atomic mass is 10.1. The Labute approximate surface area is 114 Å². The number of hydrogen-bond acceptors (Lipinski definition) is 2. The highest BCUT2D eigenvalue weighted by Crippen LogP contribution is 2.39. The molecule has 1 aliphatic carbocycles. The Hall–Kier alpha value is -1.81. The third-order valence-corrected chi connectivity index (χ3v) is 3.65. The predicted molar refractivity (Wildman–Crippen MR) is 72.8 cm³/mol. The van der Waals surface area contributed by atoms with Gasteiger partial charge in [-0.2, -0.15) is 0 Å². The van der Waals surface area contributed by atoms with Gasteiger partial charge in [-0.05, 0) is 25.0 Å². The number of rotatable bonds is 3. The zero-order chi connectivity index (χ0) is 13.6. The van der Waals surface area contributed by atoms with Crippen LogP contribution in [0.5, 0.6) is 0 Å². The summed E-state index contributed by atoms with van der Waals surface area (Å²) in [4.78, 5) is 23.0. The zero-order valence-corrected chi connectivity index (χ0v) is 10.9. The number of benzene rings is 1. The molecular weight excluding hydrogens is 266 g/mol. The van der Waals surface area contributed by atoms with Crippen LogP contribution in [0.1, 0.15) is 24.6 Å². The van der Waals surface area contributed by atoms with Gasteiger partial charge in [0.25, 0.3) is 0 Å². The molecule has 4 nitrogen and oxygen atoms in total. The number of halogens is 1. The number of carboxylic acids is 1. The third-order valence-electron chi connectivity index (χ3n) is 3.34. The highest BCUT2D eigenvalue weighted by Gasteiger charge is 2.28. The van der Waals surface area contributed by atoms with E-state index in [4.69, 9.17) is 16.7 Å². The maximum Gasteiger partial charge on any atom is 0.309 e. The molecule has 3 rings (SSSR count). The van der Waals surface area contributed by atoms with Crippen LogP contribution < -0.4 is 5.43 Å². The van der Waals surface area contributed by atoms with E-state index >= 15 is 0 Å². The highest BCUT2D eigenvalue weighted by molar-refractivity contribution is 6.35. The van der Waals surface area contributed by atoms with Crippen molar-refractivity contribution in [3.63, 3.8) is 0 Å². The Morgan fingerprint density at radius 2 is 2.16 bits per heavy atom. The van der Waals surface area contributed by atoms with E-state index in [1.54, 1.807) is 18.2 Å². The second-order valence-electron chi connectivity index (χ2n) is 4.81. The van der Waals surface area contributed by atoms with Crippen molar-refractivity contribution < 1.29 is 9.90 Å². The fraction of sp³-hybridized carbons (Fsp3) is 0.286. The molecule has 0 radical (unpaired) electrons. The Morgan fingerprint density at radius 1 is 1.42 bits per heavy atom. The number of aliphatic carboxylic acids is 1. The van der Waals surface area contributed by atoms with Crippen molar-refractivity contribution in [2.75, 3.05) is 0 Å². The first kappa shape index (κ1) is 12.2. The van der Waals surface area contributed by atoms with Gasteiger partial charge < -0.3 is 9.67 Å². The molecule has 5 heteroatoms. The minimum Gasteiger partial charge on any atom is -0.481 e. The third kappa shape index (κ3) is 2.12. The van der Waals surface area contributed by atoms with E-state index in [9.17, 15) is 9.59 Å². The normalized spacial score (nSPS) is 14.8. The van der Waals surface area contributed by atoms with Crippen LogP contribution in [0.2, 0.25) is 5.02 Å². The molecule has 0 bridgehead atoms. The quantitative estimate of drug-likeness (QED) is 0.938. The standard InChI is InChI=1S/C14H12ClNO3/c15-11-3-1-2-10-12(17)6-9(7-13(18)19)16(14(10)11)8-4-5-8/h1-3,6,8H,4-5,7H2,(H,18,19). The van der Waals surface area contributed by atoms with Gasteiger partial charge in [-0.25, -0.2) is 0 Å². The SMILES string of the molecule is O=C(O)Cc1cc(=O)c2cccc(Cl)c2n1C1CC1. The van der Waals surface area contributed by atoms with Crippen LogP contribution in [0.25, 0.3) is 10.9 Å². The van der Waals surface area contributed by atoms with E-state index < -0.39 is 5.97 Å². The molecule has 1 fully saturated rings. The second kappa shape index (κ2) is 4.38. The summed E-state index contributed by atoms with van der Waals surface area (Å²) >= 11 is 6.21. The van der Waals surface area contributed by atoms with Gasteiger partial charge in [0.15, 0.2) is 5.43 Å². The van der Waals surface area contributed by atoms with Crippen LogP contribution in [-0.2, 0) is 11.2 Å². The molecule has 1 aromatic heterocycles. The lowest BCUT2D eigenvalue weighted by Crippen LogP contribution is -2.16. The maximum absolute atomic E-state index is 12.1. The fourth-order valence-electron chi connectivity index (χ4n) is 2.44. The number of para-hydroxylation sites is 1. The summed E-state index contributed by atoms with van der Waals surface area (Å²) in [5.74, 6) is -0.944. The Kier molecular flexibility index (Phi) is 2.82. The van der Waals surface area contributed by atoms with Crippen molar-refractivity contribution in [1.29, 1.82) is 0 Å². The summed E-state index contributed by atoms with van der Waals surface area (Å²) in [6.07, 6.45) is 1.83. The molecule has 1 N–H and O–H groups in total. The van der Waals surface area contributed by atoms with Gasteiger partial charge in [-0.3, -0.25) is 9.59 Å². The predicted octanol–water partition coefficient (Wildman–Crippen LogP) is 2.62. The van der Waals surface area contributed by atoms with Gasteiger partial charge in [0.2, 0.25) is 0 Å². The van der Waals surface area contributed by atoms with Crippen LogP contribution >= 0.6 is 11.6 Å². The van der Waals surface area contributed by atoms with E-state index in [1.807, 2.05) is 4.57 Å². The van der Waals surface area contributed by atoms with E-state index in [-0.39, 0.29) is 17.9 Å². The zero-order valence-electron chi connectivity index (χ0n) is 10.1. The van der Waals surface area contributed by atoms with Crippen molar-refractivity contribution in [2.45, 2.75) is 25.3 Å². The minimum absolute atomic E-state index is 0.160. The van der Waals surface area contributed by atoms with Gasteiger partial charge in [-0.1, -0.05) is 17.7 Å². The monoisotopic (exact) mass is 277 g/mol. The van der Waals surface area contributed by atoms with E-state index in [1.165, 1.54) is 6.07 Å². The van der Waals surface area contributed by atoms with E-state index in [0.29, 0.717) is 21.6 Å². The lowest BCUT2D eigenvalue weighted by molar-refractivity contribution is -0.136. The molecule has 2 aromatic rings. The number of carbonyl (C=O) groups is 1. The van der Waals surface area contributed by atoms with Gasteiger partial charge in [0.1, 0.15) is 0 Å². The smallest absolute Gasteiger partial charge is 0.309 e. The summed E-state index contributed by atoms with van der Waals surface area (Å²) in [6.45, 7) is 0. The molecule has 1 aliphatic rings. The van der Waals surface area contributed by atoms with Crippen molar-refractivity contribution in [3.8, 4) is 0 Å². The summed E-state index contributed by atoms with van der Waals surface area (Å²) in [5.41, 5.74) is 1.02. The molecule has 0 spiro atoms. The molecule has 1 aromatic carbocycles. The van der Waals surface area contributed by atoms with Crippen molar-refractivity contribution in [1.82, 2.24) is 4.57 Å². The Balaban J connectivity index is 2.37. The molecule has 1 heterocycles. The first-order chi connectivity index (χ1) is 9.08. The number of pyridine rings is 1. The number of carboxylic acid groups (broad SMARTS) is 1. The molecule has 0 unspecified atom stereocenters.